The van der Waals surface area contributed by atoms with E-state index in [1.807, 2.05) is 6.07 Å². The van der Waals surface area contributed by atoms with Crippen LogP contribution < -0.4 is 5.32 Å². The lowest BCUT2D eigenvalue weighted by Gasteiger charge is -2.10. The van der Waals surface area contributed by atoms with Crippen molar-refractivity contribution in [1.82, 2.24) is 0 Å². The molecule has 5 heteroatoms. The predicted octanol–water partition coefficient (Wildman–Crippen LogP) is 3.48. The molecule has 0 aromatic heterocycles. The van der Waals surface area contributed by atoms with Crippen molar-refractivity contribution in [1.29, 1.82) is 5.26 Å². The number of hydrogen-bond acceptors (Lipinski definition) is 3. The number of nitrogens with zero attached hydrogens (tertiary/aromatic N) is 1. The van der Waals surface area contributed by atoms with Crippen molar-refractivity contribution in [2.75, 3.05) is 5.32 Å². The van der Waals surface area contributed by atoms with Crippen molar-refractivity contribution in [3.63, 3.8) is 0 Å². The maximum atomic E-state index is 12.2. The van der Waals surface area contributed by atoms with Gasteiger partial charge in [-0.3, -0.25) is 4.79 Å². The third-order valence-corrected chi connectivity index (χ3v) is 3.22. The van der Waals surface area contributed by atoms with Crippen molar-refractivity contribution in [3.05, 3.63) is 58.1 Å². The minimum absolute atomic E-state index is 0.0505. The Morgan fingerprint density at radius 2 is 2.10 bits per heavy atom. The number of phenolic OH excluding ortho intramolecular Hbond substituents is 1. The Labute approximate surface area is 121 Å². The molecule has 1 amide bonds. The van der Waals surface area contributed by atoms with Gasteiger partial charge in [-0.25, -0.2) is 0 Å². The molecule has 2 aromatic carbocycles. The Morgan fingerprint density at radius 3 is 2.80 bits per heavy atom. The molecule has 0 saturated heterocycles. The molecule has 0 aliphatic rings. The van der Waals surface area contributed by atoms with E-state index in [4.69, 9.17) is 16.9 Å². The second kappa shape index (κ2) is 5.64. The molecule has 100 valence electrons. The maximum Gasteiger partial charge on any atom is 0.256 e. The molecule has 0 aliphatic heterocycles. The van der Waals surface area contributed by atoms with Gasteiger partial charge in [-0.2, -0.15) is 5.26 Å². The van der Waals surface area contributed by atoms with E-state index in [1.54, 1.807) is 31.2 Å². The fraction of sp³-hybridized carbons (Fsp3) is 0.0667. The van der Waals surface area contributed by atoms with Crippen LogP contribution >= 0.6 is 11.6 Å². The molecule has 2 rings (SSSR count). The summed E-state index contributed by atoms with van der Waals surface area (Å²) in [6, 6.07) is 11.3. The quantitative estimate of drug-likeness (QED) is 0.887. The Hall–Kier alpha value is -2.51. The van der Waals surface area contributed by atoms with Crippen LogP contribution in [0.2, 0.25) is 5.02 Å². The lowest BCUT2D eigenvalue weighted by Crippen LogP contribution is -2.13. The Bertz CT molecular complexity index is 720. The number of phenols is 1. The van der Waals surface area contributed by atoms with Gasteiger partial charge >= 0.3 is 0 Å². The van der Waals surface area contributed by atoms with E-state index in [-0.39, 0.29) is 5.75 Å². The van der Waals surface area contributed by atoms with Gasteiger partial charge in [-0.05, 0) is 37.3 Å². The van der Waals surface area contributed by atoms with Gasteiger partial charge in [0, 0.05) is 11.1 Å². The zero-order valence-electron chi connectivity index (χ0n) is 10.6. The van der Waals surface area contributed by atoms with Crippen LogP contribution in [0.3, 0.4) is 0 Å². The molecular formula is C15H11ClN2O2. The van der Waals surface area contributed by atoms with E-state index in [9.17, 15) is 9.90 Å². The molecule has 4 nitrogen and oxygen atoms in total. The van der Waals surface area contributed by atoms with Crippen LogP contribution in [-0.4, -0.2) is 11.0 Å². The first-order valence-corrected chi connectivity index (χ1v) is 6.20. The van der Waals surface area contributed by atoms with Crippen molar-refractivity contribution >= 4 is 23.2 Å². The predicted molar refractivity (Wildman–Crippen MR) is 77.0 cm³/mol. The van der Waals surface area contributed by atoms with Crippen LogP contribution in [-0.2, 0) is 0 Å². The number of carbonyl (C=O) groups excluding carboxylic acids is 1. The fourth-order valence-corrected chi connectivity index (χ4v) is 1.91. The molecule has 0 saturated carbocycles. The molecule has 2 N–H and O–H groups in total. The van der Waals surface area contributed by atoms with Gasteiger partial charge in [0.25, 0.3) is 5.91 Å². The number of nitrogens with one attached hydrogen (secondary N) is 1. The monoisotopic (exact) mass is 286 g/mol. The number of nitriles is 1. The highest BCUT2D eigenvalue weighted by Crippen LogP contribution is 2.25. The molecular weight excluding hydrogens is 276 g/mol. The highest BCUT2D eigenvalue weighted by atomic mass is 35.5. The summed E-state index contributed by atoms with van der Waals surface area (Å²) in [7, 11) is 0. The summed E-state index contributed by atoms with van der Waals surface area (Å²) in [6.45, 7) is 1.65. The molecule has 0 aliphatic carbocycles. The fourth-order valence-electron chi connectivity index (χ4n) is 1.75. The number of carbonyl (C=O) groups is 1. The smallest absolute Gasteiger partial charge is 0.256 e. The van der Waals surface area contributed by atoms with E-state index in [0.717, 1.165) is 0 Å². The molecule has 0 fully saturated rings. The third kappa shape index (κ3) is 2.73. The maximum absolute atomic E-state index is 12.2. The van der Waals surface area contributed by atoms with Crippen molar-refractivity contribution in [2.45, 2.75) is 6.92 Å². The van der Waals surface area contributed by atoms with Gasteiger partial charge in [-0.15, -0.1) is 0 Å². The van der Waals surface area contributed by atoms with Gasteiger partial charge in [0.15, 0.2) is 0 Å². The highest BCUT2D eigenvalue weighted by Gasteiger charge is 2.13. The van der Waals surface area contributed by atoms with Crippen LogP contribution in [0, 0.1) is 18.3 Å². The molecule has 0 heterocycles. The molecule has 0 bridgehead atoms. The zero-order chi connectivity index (χ0) is 14.7. The minimum Gasteiger partial charge on any atom is -0.508 e. The average Bonchev–Trinajstić information content (AvgIpc) is 2.44. The van der Waals surface area contributed by atoms with Crippen LogP contribution in [0.25, 0.3) is 0 Å². The van der Waals surface area contributed by atoms with Crippen molar-refractivity contribution in [3.8, 4) is 11.8 Å². The van der Waals surface area contributed by atoms with Gasteiger partial charge in [0.05, 0.1) is 22.3 Å². The Morgan fingerprint density at radius 1 is 1.35 bits per heavy atom. The lowest BCUT2D eigenvalue weighted by molar-refractivity contribution is 0.102. The molecule has 2 aromatic rings. The number of amides is 1. The topological polar surface area (TPSA) is 73.1 Å². The first-order chi connectivity index (χ1) is 9.52. The normalized spacial score (nSPS) is 9.85. The van der Waals surface area contributed by atoms with E-state index >= 15 is 0 Å². The van der Waals surface area contributed by atoms with Gasteiger partial charge in [0.1, 0.15) is 5.75 Å². The van der Waals surface area contributed by atoms with Crippen LogP contribution in [0.15, 0.2) is 36.4 Å². The van der Waals surface area contributed by atoms with Crippen molar-refractivity contribution in [2.24, 2.45) is 0 Å². The average molecular weight is 287 g/mol. The molecule has 0 radical (unpaired) electrons. The number of halogens is 1. The van der Waals surface area contributed by atoms with E-state index in [2.05, 4.69) is 5.32 Å². The highest BCUT2D eigenvalue weighted by molar-refractivity contribution is 6.34. The second-order valence-electron chi connectivity index (χ2n) is 4.21. The summed E-state index contributed by atoms with van der Waals surface area (Å²) in [5.41, 5.74) is 1.59. The van der Waals surface area contributed by atoms with Gasteiger partial charge < -0.3 is 10.4 Å². The van der Waals surface area contributed by atoms with Gasteiger partial charge in [-0.1, -0.05) is 17.7 Å². The molecule has 0 spiro atoms. The lowest BCUT2D eigenvalue weighted by atomic mass is 10.1. The summed E-state index contributed by atoms with van der Waals surface area (Å²) in [5, 5.41) is 21.4. The number of hydrogen-bond donors (Lipinski definition) is 2. The SMILES string of the molecule is Cc1c(O)cccc1C(=O)Nc1cc(C#N)ccc1Cl. The molecule has 20 heavy (non-hydrogen) atoms. The van der Waals surface area contributed by atoms with Crippen LogP contribution in [0.1, 0.15) is 21.5 Å². The number of anilines is 1. The van der Waals surface area contributed by atoms with E-state index in [0.29, 0.717) is 27.4 Å². The minimum atomic E-state index is -0.393. The van der Waals surface area contributed by atoms with E-state index < -0.39 is 5.91 Å². The number of aromatic hydroxyl groups is 1. The number of benzene rings is 2. The van der Waals surface area contributed by atoms with Crippen molar-refractivity contribution < 1.29 is 9.90 Å². The summed E-state index contributed by atoms with van der Waals surface area (Å²) < 4.78 is 0. The zero-order valence-corrected chi connectivity index (χ0v) is 11.4. The van der Waals surface area contributed by atoms with Gasteiger partial charge in [0.2, 0.25) is 0 Å². The summed E-state index contributed by atoms with van der Waals surface area (Å²) >= 11 is 5.98. The first kappa shape index (κ1) is 13.9. The molecule has 0 atom stereocenters. The standard InChI is InChI=1S/C15H11ClN2O2/c1-9-11(3-2-4-14(9)19)15(20)18-13-7-10(8-17)5-6-12(13)16/h2-7,19H,1H3,(H,18,20). The summed E-state index contributed by atoms with van der Waals surface area (Å²) in [5.74, 6) is -0.343. The van der Waals surface area contributed by atoms with E-state index in [1.165, 1.54) is 12.1 Å². The summed E-state index contributed by atoms with van der Waals surface area (Å²) in [6.07, 6.45) is 0. The number of rotatable bonds is 2. The summed E-state index contributed by atoms with van der Waals surface area (Å²) in [4.78, 5) is 12.2. The Balaban J connectivity index is 2.33. The van der Waals surface area contributed by atoms with Crippen LogP contribution in [0.5, 0.6) is 5.75 Å². The Kier molecular flexibility index (Phi) is 3.92. The molecule has 0 unspecified atom stereocenters. The first-order valence-electron chi connectivity index (χ1n) is 5.82. The van der Waals surface area contributed by atoms with Crippen LogP contribution in [0.4, 0.5) is 5.69 Å². The second-order valence-corrected chi connectivity index (χ2v) is 4.62. The largest absolute Gasteiger partial charge is 0.508 e. The third-order valence-electron chi connectivity index (χ3n) is 2.89.